The van der Waals surface area contributed by atoms with Crippen LogP contribution in [0.3, 0.4) is 0 Å². The minimum atomic E-state index is -0.0958. The molecule has 0 spiro atoms. The van der Waals surface area contributed by atoms with Crippen LogP contribution in [-0.2, 0) is 0 Å². The van der Waals surface area contributed by atoms with Crippen molar-refractivity contribution in [3.8, 4) is 0 Å². The quantitative estimate of drug-likeness (QED) is 0.907. The minimum Gasteiger partial charge on any atom is -0.397 e. The van der Waals surface area contributed by atoms with Gasteiger partial charge in [0, 0.05) is 24.2 Å². The average Bonchev–Trinajstić information content (AvgIpc) is 3.13. The van der Waals surface area contributed by atoms with Crippen molar-refractivity contribution in [3.63, 3.8) is 0 Å². The van der Waals surface area contributed by atoms with E-state index in [9.17, 15) is 4.79 Å². The first kappa shape index (κ1) is 14.3. The molecule has 2 aromatic rings. The van der Waals surface area contributed by atoms with Gasteiger partial charge in [0.15, 0.2) is 0 Å². The third kappa shape index (κ3) is 2.87. The number of nitrogens with one attached hydrogen (secondary N) is 1. The van der Waals surface area contributed by atoms with Gasteiger partial charge in [-0.15, -0.1) is 11.3 Å². The predicted molar refractivity (Wildman–Crippen MR) is 86.6 cm³/mol. The van der Waals surface area contributed by atoms with Gasteiger partial charge >= 0.3 is 0 Å². The molecule has 21 heavy (non-hydrogen) atoms. The van der Waals surface area contributed by atoms with Crippen molar-refractivity contribution in [1.29, 1.82) is 0 Å². The lowest BCUT2D eigenvalue weighted by Crippen LogP contribution is -2.40. The molecule has 112 valence electrons. The van der Waals surface area contributed by atoms with Crippen LogP contribution < -0.4 is 11.1 Å². The van der Waals surface area contributed by atoms with Gasteiger partial charge in [0.05, 0.1) is 5.69 Å². The topological polar surface area (TPSA) is 71.2 Å². The molecule has 1 atom stereocenters. The van der Waals surface area contributed by atoms with Crippen molar-refractivity contribution < 1.29 is 4.79 Å². The van der Waals surface area contributed by atoms with Gasteiger partial charge in [-0.2, -0.15) is 0 Å². The van der Waals surface area contributed by atoms with Crippen molar-refractivity contribution in [2.45, 2.75) is 25.8 Å². The van der Waals surface area contributed by atoms with Gasteiger partial charge in [-0.3, -0.25) is 9.69 Å². The van der Waals surface area contributed by atoms with Crippen LogP contribution in [0.15, 0.2) is 18.3 Å². The Morgan fingerprint density at radius 3 is 3.00 bits per heavy atom. The maximum absolute atomic E-state index is 12.3. The number of nitrogens with two attached hydrogens (primary N) is 1. The molecule has 1 aliphatic heterocycles. The van der Waals surface area contributed by atoms with Crippen molar-refractivity contribution in [2.75, 3.05) is 25.4 Å². The number of hydrogen-bond donors (Lipinski definition) is 2. The summed E-state index contributed by atoms with van der Waals surface area (Å²) in [7, 11) is 0. The molecule has 3 heterocycles. The van der Waals surface area contributed by atoms with Crippen LogP contribution in [0.25, 0.3) is 10.2 Å². The Kier molecular flexibility index (Phi) is 4.07. The summed E-state index contributed by atoms with van der Waals surface area (Å²) in [6.07, 6.45) is 4.23. The van der Waals surface area contributed by atoms with Gasteiger partial charge in [0.25, 0.3) is 5.91 Å². The number of aromatic nitrogens is 1. The van der Waals surface area contributed by atoms with Crippen LogP contribution in [0.5, 0.6) is 0 Å². The highest BCUT2D eigenvalue weighted by Gasteiger charge is 2.20. The van der Waals surface area contributed by atoms with E-state index < -0.39 is 0 Å². The fourth-order valence-electron chi connectivity index (χ4n) is 2.75. The first-order valence-corrected chi connectivity index (χ1v) is 8.13. The lowest BCUT2D eigenvalue weighted by Gasteiger charge is -2.23. The largest absolute Gasteiger partial charge is 0.397 e. The van der Waals surface area contributed by atoms with Crippen LogP contribution in [0.2, 0.25) is 0 Å². The van der Waals surface area contributed by atoms with E-state index in [0.29, 0.717) is 23.2 Å². The Bertz CT molecular complexity index is 648. The summed E-state index contributed by atoms with van der Waals surface area (Å²) < 4.78 is 0. The van der Waals surface area contributed by atoms with Crippen LogP contribution in [0, 0.1) is 0 Å². The number of fused-ring (bicyclic) bond motifs is 1. The zero-order valence-electron chi connectivity index (χ0n) is 12.1. The maximum Gasteiger partial charge on any atom is 0.263 e. The van der Waals surface area contributed by atoms with Crippen LogP contribution in [-0.4, -0.2) is 41.5 Å². The molecule has 5 nitrogen and oxygen atoms in total. The number of likely N-dealkylation sites (tertiary alicyclic amines) is 1. The standard InChI is InChI=1S/C15H20N4OS/c1-10(19-7-2-3-8-19)9-18-14(20)13-12(16)11-5-4-6-17-15(11)21-13/h4-6,10H,2-3,7-9,16H2,1H3,(H,18,20). The van der Waals surface area contributed by atoms with Crippen molar-refractivity contribution in [3.05, 3.63) is 23.2 Å². The second-order valence-electron chi connectivity index (χ2n) is 5.50. The fourth-order valence-corrected chi connectivity index (χ4v) is 3.73. The molecule has 2 aromatic heterocycles. The molecule has 3 rings (SSSR count). The van der Waals surface area contributed by atoms with Gasteiger partial charge in [0.2, 0.25) is 0 Å². The van der Waals surface area contributed by atoms with E-state index in [4.69, 9.17) is 5.73 Å². The monoisotopic (exact) mass is 304 g/mol. The van der Waals surface area contributed by atoms with Crippen LogP contribution in [0.4, 0.5) is 5.69 Å². The normalized spacial score (nSPS) is 17.2. The Labute approximate surface area is 128 Å². The maximum atomic E-state index is 12.3. The van der Waals surface area contributed by atoms with E-state index in [1.807, 2.05) is 12.1 Å². The first-order valence-electron chi connectivity index (χ1n) is 7.32. The SMILES string of the molecule is CC(CNC(=O)c1sc2ncccc2c1N)N1CCCC1. The Morgan fingerprint density at radius 1 is 1.52 bits per heavy atom. The average molecular weight is 304 g/mol. The summed E-state index contributed by atoms with van der Waals surface area (Å²) in [5.74, 6) is -0.0958. The van der Waals surface area contributed by atoms with Crippen LogP contribution >= 0.6 is 11.3 Å². The van der Waals surface area contributed by atoms with Gasteiger partial charge in [0.1, 0.15) is 9.71 Å². The van der Waals surface area contributed by atoms with E-state index in [0.717, 1.165) is 23.3 Å². The zero-order chi connectivity index (χ0) is 14.8. The highest BCUT2D eigenvalue weighted by atomic mass is 32.1. The highest BCUT2D eigenvalue weighted by molar-refractivity contribution is 7.21. The smallest absolute Gasteiger partial charge is 0.263 e. The molecular formula is C15H20N4OS. The second-order valence-corrected chi connectivity index (χ2v) is 6.50. The number of nitrogens with zero attached hydrogens (tertiary/aromatic N) is 2. The number of pyridine rings is 1. The number of amides is 1. The lowest BCUT2D eigenvalue weighted by molar-refractivity contribution is 0.0945. The van der Waals surface area contributed by atoms with Gasteiger partial charge in [-0.05, 0) is 45.0 Å². The van der Waals surface area contributed by atoms with E-state index >= 15 is 0 Å². The summed E-state index contributed by atoms with van der Waals surface area (Å²) >= 11 is 1.35. The van der Waals surface area contributed by atoms with Crippen molar-refractivity contribution in [2.24, 2.45) is 0 Å². The predicted octanol–water partition coefficient (Wildman–Crippen LogP) is 2.09. The highest BCUT2D eigenvalue weighted by Crippen LogP contribution is 2.31. The molecule has 3 N–H and O–H groups in total. The van der Waals surface area contributed by atoms with E-state index in [-0.39, 0.29) is 5.91 Å². The number of rotatable bonds is 4. The summed E-state index contributed by atoms with van der Waals surface area (Å²) in [4.78, 5) is 20.4. The number of nitrogen functional groups attached to an aromatic ring is 1. The molecule has 1 amide bonds. The fraction of sp³-hybridized carbons (Fsp3) is 0.467. The van der Waals surface area contributed by atoms with Gasteiger partial charge in [-0.1, -0.05) is 0 Å². The second kappa shape index (κ2) is 5.99. The minimum absolute atomic E-state index is 0.0958. The van der Waals surface area contributed by atoms with E-state index in [1.165, 1.54) is 24.2 Å². The van der Waals surface area contributed by atoms with Crippen molar-refractivity contribution >= 4 is 33.1 Å². The lowest BCUT2D eigenvalue weighted by atomic mass is 10.2. The molecular weight excluding hydrogens is 284 g/mol. The number of carbonyl (C=O) groups is 1. The number of thiophene rings is 1. The molecule has 0 bridgehead atoms. The van der Waals surface area contributed by atoms with Gasteiger partial charge in [-0.25, -0.2) is 4.98 Å². The molecule has 1 saturated heterocycles. The summed E-state index contributed by atoms with van der Waals surface area (Å²) in [6, 6.07) is 4.10. The van der Waals surface area contributed by atoms with Gasteiger partial charge < -0.3 is 11.1 Å². The zero-order valence-corrected chi connectivity index (χ0v) is 12.9. The van der Waals surface area contributed by atoms with Crippen LogP contribution in [0.1, 0.15) is 29.4 Å². The third-order valence-corrected chi connectivity index (χ3v) is 5.16. The number of hydrogen-bond acceptors (Lipinski definition) is 5. The first-order chi connectivity index (χ1) is 10.2. The van der Waals surface area contributed by atoms with Crippen molar-refractivity contribution in [1.82, 2.24) is 15.2 Å². The molecule has 0 saturated carbocycles. The summed E-state index contributed by atoms with van der Waals surface area (Å²) in [5, 5.41) is 3.86. The van der Waals surface area contributed by atoms with E-state index in [2.05, 4.69) is 22.1 Å². The number of carbonyl (C=O) groups excluding carboxylic acids is 1. The number of anilines is 1. The summed E-state index contributed by atoms with van der Waals surface area (Å²) in [6.45, 7) is 5.07. The molecule has 1 unspecified atom stereocenters. The Balaban J connectivity index is 1.68. The third-order valence-electron chi connectivity index (χ3n) is 4.03. The molecule has 0 aromatic carbocycles. The molecule has 0 radical (unpaired) electrons. The summed E-state index contributed by atoms with van der Waals surface area (Å²) in [5.41, 5.74) is 6.60. The Morgan fingerprint density at radius 2 is 2.29 bits per heavy atom. The Hall–Kier alpha value is -1.66. The molecule has 0 aliphatic carbocycles. The van der Waals surface area contributed by atoms with E-state index in [1.54, 1.807) is 6.20 Å². The molecule has 1 fully saturated rings. The molecule has 6 heteroatoms. The molecule has 1 aliphatic rings.